The van der Waals surface area contributed by atoms with Gasteiger partial charge in [0, 0.05) is 5.92 Å². The number of hydrogen-bond donors (Lipinski definition) is 0. The van der Waals surface area contributed by atoms with Gasteiger partial charge in [-0.2, -0.15) is 13.2 Å². The molecule has 0 radical (unpaired) electrons. The first-order chi connectivity index (χ1) is 5.55. The van der Waals surface area contributed by atoms with Crippen LogP contribution in [0.5, 0.6) is 0 Å². The van der Waals surface area contributed by atoms with E-state index in [9.17, 15) is 18.0 Å². The molecule has 1 aliphatic rings. The van der Waals surface area contributed by atoms with Crippen molar-refractivity contribution in [2.75, 3.05) is 0 Å². The van der Waals surface area contributed by atoms with Crippen molar-refractivity contribution in [1.29, 1.82) is 0 Å². The average Bonchev–Trinajstić information content (AvgIpc) is 2.03. The summed E-state index contributed by atoms with van der Waals surface area (Å²) in [6, 6.07) is 0. The van der Waals surface area contributed by atoms with Crippen LogP contribution in [-0.4, -0.2) is 12.5 Å². The van der Waals surface area contributed by atoms with Crippen LogP contribution in [0.3, 0.4) is 0 Å². The van der Waals surface area contributed by atoms with Gasteiger partial charge in [-0.05, 0) is 12.8 Å². The molecule has 0 amide bonds. The smallest absolute Gasteiger partial charge is 0.303 e. The van der Waals surface area contributed by atoms with Crippen LogP contribution in [0.25, 0.3) is 0 Å². The third-order valence-corrected chi connectivity index (χ3v) is 2.41. The molecule has 0 unspecified atom stereocenters. The van der Waals surface area contributed by atoms with Gasteiger partial charge in [0.05, 0.1) is 5.92 Å². The summed E-state index contributed by atoms with van der Waals surface area (Å²) >= 11 is 0. The van der Waals surface area contributed by atoms with Crippen LogP contribution in [0.4, 0.5) is 13.2 Å². The average molecular weight is 180 g/mol. The molecule has 1 saturated carbocycles. The molecular weight excluding hydrogens is 169 g/mol. The van der Waals surface area contributed by atoms with Crippen molar-refractivity contribution < 1.29 is 18.0 Å². The zero-order chi connectivity index (χ0) is 9.19. The lowest BCUT2D eigenvalue weighted by Crippen LogP contribution is -2.33. The first-order valence-corrected chi connectivity index (χ1v) is 4.07. The van der Waals surface area contributed by atoms with Crippen molar-refractivity contribution in [2.45, 2.75) is 31.9 Å². The lowest BCUT2D eigenvalue weighted by Gasteiger charge is -2.29. The molecule has 1 nitrogen and oxygen atoms in total. The van der Waals surface area contributed by atoms with E-state index in [1.165, 1.54) is 0 Å². The van der Waals surface area contributed by atoms with Crippen molar-refractivity contribution in [3.63, 3.8) is 0 Å². The molecule has 0 spiro atoms. The van der Waals surface area contributed by atoms with Crippen LogP contribution < -0.4 is 0 Å². The predicted octanol–water partition coefficient (Wildman–Crippen LogP) is 2.55. The number of hydrogen-bond acceptors (Lipinski definition) is 1. The standard InChI is InChI=1S/C8H11F3O/c9-8(10,11)7-4-2-1-3-6(7)5-12/h5-7H,1-4H2/t6-,7-/m1/s1. The monoisotopic (exact) mass is 180 g/mol. The first-order valence-electron chi connectivity index (χ1n) is 4.07. The summed E-state index contributed by atoms with van der Waals surface area (Å²) in [6.07, 6.45) is -1.88. The Hall–Kier alpha value is -0.540. The molecule has 0 aromatic carbocycles. The van der Waals surface area contributed by atoms with Gasteiger partial charge >= 0.3 is 6.18 Å². The normalized spacial score (nSPS) is 31.6. The van der Waals surface area contributed by atoms with E-state index in [0.29, 0.717) is 19.1 Å². The minimum Gasteiger partial charge on any atom is -0.303 e. The highest BCUT2D eigenvalue weighted by Gasteiger charge is 2.45. The lowest BCUT2D eigenvalue weighted by atomic mass is 9.80. The SMILES string of the molecule is O=C[C@H]1CCCC[C@H]1C(F)(F)F. The number of carbonyl (C=O) groups excluding carboxylic acids is 1. The Morgan fingerprint density at radius 2 is 1.75 bits per heavy atom. The molecule has 0 heterocycles. The van der Waals surface area contributed by atoms with Crippen molar-refractivity contribution >= 4 is 6.29 Å². The van der Waals surface area contributed by atoms with Crippen molar-refractivity contribution in [3.05, 3.63) is 0 Å². The summed E-state index contributed by atoms with van der Waals surface area (Å²) in [6.45, 7) is 0. The van der Waals surface area contributed by atoms with Gasteiger partial charge in [0.1, 0.15) is 6.29 Å². The van der Waals surface area contributed by atoms with Crippen molar-refractivity contribution in [1.82, 2.24) is 0 Å². The summed E-state index contributed by atoms with van der Waals surface area (Å²) < 4.78 is 36.7. The van der Waals surface area contributed by atoms with E-state index in [0.717, 1.165) is 6.42 Å². The Morgan fingerprint density at radius 1 is 1.17 bits per heavy atom. The van der Waals surface area contributed by atoms with Gasteiger partial charge in [-0.15, -0.1) is 0 Å². The molecule has 70 valence electrons. The molecule has 0 aromatic heterocycles. The van der Waals surface area contributed by atoms with Crippen LogP contribution in [0.1, 0.15) is 25.7 Å². The van der Waals surface area contributed by atoms with Crippen LogP contribution in [0.2, 0.25) is 0 Å². The zero-order valence-corrected chi connectivity index (χ0v) is 6.60. The van der Waals surface area contributed by atoms with E-state index in [-0.39, 0.29) is 6.42 Å². The second kappa shape index (κ2) is 3.46. The molecule has 12 heavy (non-hydrogen) atoms. The number of alkyl halides is 3. The minimum atomic E-state index is -4.19. The van der Waals surface area contributed by atoms with Gasteiger partial charge in [-0.3, -0.25) is 0 Å². The maximum absolute atomic E-state index is 12.2. The van der Waals surface area contributed by atoms with E-state index < -0.39 is 18.0 Å². The third-order valence-electron chi connectivity index (χ3n) is 2.41. The van der Waals surface area contributed by atoms with Gasteiger partial charge in [0.25, 0.3) is 0 Å². The number of rotatable bonds is 1. The second-order valence-electron chi connectivity index (χ2n) is 3.23. The Labute approximate surface area is 68.9 Å². The summed E-state index contributed by atoms with van der Waals surface area (Å²) in [5.41, 5.74) is 0. The highest BCUT2D eigenvalue weighted by atomic mass is 19.4. The summed E-state index contributed by atoms with van der Waals surface area (Å²) in [4.78, 5) is 10.3. The topological polar surface area (TPSA) is 17.1 Å². The fraction of sp³-hybridized carbons (Fsp3) is 0.875. The maximum Gasteiger partial charge on any atom is 0.392 e. The number of carbonyl (C=O) groups is 1. The van der Waals surface area contributed by atoms with E-state index in [2.05, 4.69) is 0 Å². The molecule has 4 heteroatoms. The van der Waals surface area contributed by atoms with Crippen LogP contribution in [-0.2, 0) is 4.79 Å². The van der Waals surface area contributed by atoms with Crippen LogP contribution in [0, 0.1) is 11.8 Å². The van der Waals surface area contributed by atoms with E-state index in [1.54, 1.807) is 0 Å². The Kier molecular flexibility index (Phi) is 2.75. The molecule has 1 aliphatic carbocycles. The van der Waals surface area contributed by atoms with Gasteiger partial charge in [0.15, 0.2) is 0 Å². The van der Waals surface area contributed by atoms with Gasteiger partial charge in [-0.1, -0.05) is 12.8 Å². The van der Waals surface area contributed by atoms with Crippen molar-refractivity contribution in [2.24, 2.45) is 11.8 Å². The molecule has 0 bridgehead atoms. The zero-order valence-electron chi connectivity index (χ0n) is 6.60. The molecule has 0 N–H and O–H groups in total. The summed E-state index contributed by atoms with van der Waals surface area (Å²) in [5.74, 6) is -2.18. The Morgan fingerprint density at radius 3 is 2.17 bits per heavy atom. The van der Waals surface area contributed by atoms with Crippen LogP contribution in [0.15, 0.2) is 0 Å². The van der Waals surface area contributed by atoms with E-state index in [4.69, 9.17) is 0 Å². The predicted molar refractivity (Wildman–Crippen MR) is 37.6 cm³/mol. The highest BCUT2D eigenvalue weighted by molar-refractivity contribution is 5.54. The summed E-state index contributed by atoms with van der Waals surface area (Å²) in [5, 5.41) is 0. The molecular formula is C8H11F3O. The Bertz CT molecular complexity index is 164. The van der Waals surface area contributed by atoms with E-state index in [1.807, 2.05) is 0 Å². The fourth-order valence-corrected chi connectivity index (χ4v) is 1.73. The second-order valence-corrected chi connectivity index (χ2v) is 3.23. The highest BCUT2D eigenvalue weighted by Crippen LogP contribution is 2.40. The largest absolute Gasteiger partial charge is 0.392 e. The van der Waals surface area contributed by atoms with Crippen LogP contribution >= 0.6 is 0 Å². The molecule has 0 aromatic rings. The maximum atomic E-state index is 12.2. The van der Waals surface area contributed by atoms with E-state index >= 15 is 0 Å². The summed E-state index contributed by atoms with van der Waals surface area (Å²) in [7, 11) is 0. The first kappa shape index (κ1) is 9.55. The third kappa shape index (κ3) is 1.99. The molecule has 0 saturated heterocycles. The van der Waals surface area contributed by atoms with Gasteiger partial charge in [-0.25, -0.2) is 0 Å². The van der Waals surface area contributed by atoms with Gasteiger partial charge < -0.3 is 4.79 Å². The molecule has 1 rings (SSSR count). The lowest BCUT2D eigenvalue weighted by molar-refractivity contribution is -0.194. The Balaban J connectivity index is 2.65. The van der Waals surface area contributed by atoms with Crippen molar-refractivity contribution in [3.8, 4) is 0 Å². The molecule has 2 atom stereocenters. The molecule has 1 fully saturated rings. The molecule has 0 aliphatic heterocycles. The van der Waals surface area contributed by atoms with Gasteiger partial charge in [0.2, 0.25) is 0 Å². The minimum absolute atomic E-state index is 0.118. The quantitative estimate of drug-likeness (QED) is 0.567. The number of halogens is 3. The number of aldehydes is 1. The fourth-order valence-electron chi connectivity index (χ4n) is 1.73.